The highest BCUT2D eigenvalue weighted by Gasteiger charge is 2.10. The minimum atomic E-state index is -0.643. The van der Waals surface area contributed by atoms with Crippen molar-refractivity contribution in [2.75, 3.05) is 5.32 Å². The van der Waals surface area contributed by atoms with Gasteiger partial charge in [-0.2, -0.15) is 4.39 Å². The lowest BCUT2D eigenvalue weighted by Crippen LogP contribution is -2.14. The van der Waals surface area contributed by atoms with Crippen molar-refractivity contribution in [1.82, 2.24) is 4.98 Å². The third-order valence-electron chi connectivity index (χ3n) is 2.40. The largest absolute Gasteiger partial charge is 0.306 e. The van der Waals surface area contributed by atoms with E-state index in [0.717, 1.165) is 5.56 Å². The zero-order chi connectivity index (χ0) is 13.1. The van der Waals surface area contributed by atoms with Crippen molar-refractivity contribution in [3.8, 4) is 0 Å². The van der Waals surface area contributed by atoms with E-state index in [1.54, 1.807) is 25.1 Å². The van der Waals surface area contributed by atoms with E-state index in [9.17, 15) is 9.18 Å². The lowest BCUT2D eigenvalue weighted by atomic mass is 10.1. The third kappa shape index (κ3) is 2.84. The molecule has 0 aliphatic heterocycles. The van der Waals surface area contributed by atoms with Gasteiger partial charge < -0.3 is 5.32 Å². The summed E-state index contributed by atoms with van der Waals surface area (Å²) in [4.78, 5) is 15.5. The summed E-state index contributed by atoms with van der Waals surface area (Å²) in [6.45, 7) is 1.80. The number of hydrogen-bond acceptors (Lipinski definition) is 2. The molecule has 3 nitrogen and oxygen atoms in total. The molecule has 1 aromatic heterocycles. The Morgan fingerprint density at radius 2 is 2.11 bits per heavy atom. The molecule has 0 fully saturated rings. The number of amides is 1. The predicted molar refractivity (Wildman–Crippen MR) is 68.3 cm³/mol. The van der Waals surface area contributed by atoms with Crippen LogP contribution in [0.25, 0.3) is 0 Å². The van der Waals surface area contributed by atoms with E-state index in [-0.39, 0.29) is 11.7 Å². The van der Waals surface area contributed by atoms with E-state index >= 15 is 0 Å². The number of nitrogens with one attached hydrogen (secondary N) is 1. The molecular weight excluding hydrogens is 255 g/mol. The number of benzene rings is 1. The third-order valence-corrected chi connectivity index (χ3v) is 2.64. The molecule has 0 saturated heterocycles. The standard InChI is InChI=1S/C13H10ClFN2O/c1-8-5-6-9(14)7-10(8)13(18)17-12-4-2-3-11(15)16-12/h2-7H,1H3,(H,16,17,18). The average molecular weight is 265 g/mol. The fourth-order valence-electron chi connectivity index (χ4n) is 1.50. The Hall–Kier alpha value is -1.94. The number of carbonyl (C=O) groups excluding carboxylic acids is 1. The van der Waals surface area contributed by atoms with E-state index in [4.69, 9.17) is 11.6 Å². The molecule has 0 unspecified atom stereocenters. The summed E-state index contributed by atoms with van der Waals surface area (Å²) in [5.74, 6) is -0.844. The van der Waals surface area contributed by atoms with Crippen LogP contribution in [0.5, 0.6) is 0 Å². The molecule has 0 saturated carbocycles. The highest BCUT2D eigenvalue weighted by Crippen LogP contribution is 2.16. The molecule has 0 atom stereocenters. The first kappa shape index (κ1) is 12.5. The predicted octanol–water partition coefficient (Wildman–Crippen LogP) is 3.43. The van der Waals surface area contributed by atoms with Crippen molar-refractivity contribution >= 4 is 23.3 Å². The zero-order valence-corrected chi connectivity index (χ0v) is 10.3. The SMILES string of the molecule is Cc1ccc(Cl)cc1C(=O)Nc1cccc(F)n1. The molecule has 5 heteroatoms. The quantitative estimate of drug-likeness (QED) is 0.845. The van der Waals surface area contributed by atoms with Gasteiger partial charge in [0, 0.05) is 10.6 Å². The molecule has 1 heterocycles. The molecule has 1 aromatic carbocycles. The molecule has 2 rings (SSSR count). The summed E-state index contributed by atoms with van der Waals surface area (Å²) in [6.07, 6.45) is 0. The highest BCUT2D eigenvalue weighted by atomic mass is 35.5. The summed E-state index contributed by atoms with van der Waals surface area (Å²) in [5, 5.41) is 2.99. The Morgan fingerprint density at radius 3 is 2.83 bits per heavy atom. The van der Waals surface area contributed by atoms with Gasteiger partial charge in [0.05, 0.1) is 0 Å². The van der Waals surface area contributed by atoms with Crippen molar-refractivity contribution < 1.29 is 9.18 Å². The van der Waals surface area contributed by atoms with E-state index < -0.39 is 5.95 Å². The summed E-state index contributed by atoms with van der Waals surface area (Å²) < 4.78 is 12.9. The Morgan fingerprint density at radius 1 is 1.33 bits per heavy atom. The van der Waals surface area contributed by atoms with Gasteiger partial charge in [0.15, 0.2) is 0 Å². The first-order valence-electron chi connectivity index (χ1n) is 5.26. The van der Waals surface area contributed by atoms with Gasteiger partial charge in [0.1, 0.15) is 5.82 Å². The second-order valence-corrected chi connectivity index (χ2v) is 4.20. The van der Waals surface area contributed by atoms with Crippen LogP contribution in [-0.4, -0.2) is 10.9 Å². The molecule has 0 radical (unpaired) electrons. The number of carbonyl (C=O) groups is 1. The number of hydrogen-bond donors (Lipinski definition) is 1. The normalized spacial score (nSPS) is 10.2. The molecule has 1 N–H and O–H groups in total. The van der Waals surface area contributed by atoms with Crippen LogP contribution in [0.4, 0.5) is 10.2 Å². The zero-order valence-electron chi connectivity index (χ0n) is 9.58. The number of anilines is 1. The monoisotopic (exact) mass is 264 g/mol. The van der Waals surface area contributed by atoms with E-state index in [0.29, 0.717) is 10.6 Å². The van der Waals surface area contributed by atoms with Crippen LogP contribution in [0.15, 0.2) is 36.4 Å². The van der Waals surface area contributed by atoms with Crippen LogP contribution in [0.1, 0.15) is 15.9 Å². The van der Waals surface area contributed by atoms with Gasteiger partial charge >= 0.3 is 0 Å². The maximum atomic E-state index is 12.9. The molecule has 1 amide bonds. The number of nitrogens with zero attached hydrogens (tertiary/aromatic N) is 1. The second kappa shape index (κ2) is 5.14. The van der Waals surface area contributed by atoms with Crippen LogP contribution in [0.2, 0.25) is 5.02 Å². The van der Waals surface area contributed by atoms with Crippen LogP contribution in [-0.2, 0) is 0 Å². The second-order valence-electron chi connectivity index (χ2n) is 3.76. The molecular formula is C13H10ClFN2O. The van der Waals surface area contributed by atoms with Crippen molar-refractivity contribution in [1.29, 1.82) is 0 Å². The summed E-state index contributed by atoms with van der Waals surface area (Å²) in [6, 6.07) is 9.21. The molecule has 2 aromatic rings. The maximum absolute atomic E-state index is 12.9. The van der Waals surface area contributed by atoms with Gasteiger partial charge in [-0.25, -0.2) is 4.98 Å². The number of halogens is 2. The van der Waals surface area contributed by atoms with Crippen LogP contribution in [0, 0.1) is 12.9 Å². The fraction of sp³-hybridized carbons (Fsp3) is 0.0769. The molecule has 0 spiro atoms. The van der Waals surface area contributed by atoms with Crippen LogP contribution < -0.4 is 5.32 Å². The van der Waals surface area contributed by atoms with Gasteiger partial charge in [-0.3, -0.25) is 4.79 Å². The van der Waals surface area contributed by atoms with Crippen LogP contribution >= 0.6 is 11.6 Å². The van der Waals surface area contributed by atoms with Crippen molar-refractivity contribution in [2.45, 2.75) is 6.92 Å². The fourth-order valence-corrected chi connectivity index (χ4v) is 1.67. The smallest absolute Gasteiger partial charge is 0.257 e. The van der Waals surface area contributed by atoms with Gasteiger partial charge in [-0.1, -0.05) is 23.7 Å². The minimum absolute atomic E-state index is 0.166. The van der Waals surface area contributed by atoms with E-state index in [2.05, 4.69) is 10.3 Å². The average Bonchev–Trinajstić information content (AvgIpc) is 2.32. The van der Waals surface area contributed by atoms with E-state index in [1.807, 2.05) is 0 Å². The summed E-state index contributed by atoms with van der Waals surface area (Å²) in [5.41, 5.74) is 1.22. The van der Waals surface area contributed by atoms with Crippen LogP contribution in [0.3, 0.4) is 0 Å². The maximum Gasteiger partial charge on any atom is 0.257 e. The number of pyridine rings is 1. The number of aromatic nitrogens is 1. The number of aryl methyl sites for hydroxylation is 1. The van der Waals surface area contributed by atoms with Crippen molar-refractivity contribution in [3.05, 3.63) is 58.5 Å². The van der Waals surface area contributed by atoms with Gasteiger partial charge in [0.2, 0.25) is 5.95 Å². The molecule has 0 bridgehead atoms. The lowest BCUT2D eigenvalue weighted by Gasteiger charge is -2.07. The lowest BCUT2D eigenvalue weighted by molar-refractivity contribution is 0.102. The van der Waals surface area contributed by atoms with Crippen molar-refractivity contribution in [3.63, 3.8) is 0 Å². The van der Waals surface area contributed by atoms with Gasteiger partial charge in [0.25, 0.3) is 5.91 Å². The van der Waals surface area contributed by atoms with E-state index in [1.165, 1.54) is 18.2 Å². The summed E-state index contributed by atoms with van der Waals surface area (Å²) >= 11 is 5.83. The molecule has 0 aliphatic carbocycles. The Kier molecular flexibility index (Phi) is 3.58. The first-order chi connectivity index (χ1) is 8.56. The molecule has 18 heavy (non-hydrogen) atoms. The number of rotatable bonds is 2. The van der Waals surface area contributed by atoms with Crippen molar-refractivity contribution in [2.24, 2.45) is 0 Å². The molecule has 0 aliphatic rings. The Bertz CT molecular complexity index is 601. The minimum Gasteiger partial charge on any atom is -0.306 e. The topological polar surface area (TPSA) is 42.0 Å². The molecule has 92 valence electrons. The Labute approximate surface area is 109 Å². The van der Waals surface area contributed by atoms with Gasteiger partial charge in [-0.15, -0.1) is 0 Å². The Balaban J connectivity index is 2.24. The first-order valence-corrected chi connectivity index (χ1v) is 5.64. The summed E-state index contributed by atoms with van der Waals surface area (Å²) in [7, 11) is 0. The highest BCUT2D eigenvalue weighted by molar-refractivity contribution is 6.31. The van der Waals surface area contributed by atoms with Gasteiger partial charge in [-0.05, 0) is 36.8 Å².